The molecule has 23 heavy (non-hydrogen) atoms. The second-order valence-corrected chi connectivity index (χ2v) is 4.73. The molecule has 1 atom stereocenters. The minimum atomic E-state index is -0.464. The highest BCUT2D eigenvalue weighted by Crippen LogP contribution is 2.04. The lowest BCUT2D eigenvalue weighted by Gasteiger charge is -2.18. The molecule has 1 aliphatic rings. The molecule has 0 aromatic carbocycles. The van der Waals surface area contributed by atoms with Gasteiger partial charge in [-0.1, -0.05) is 0 Å². The van der Waals surface area contributed by atoms with Crippen molar-refractivity contribution >= 4 is 17.7 Å². The normalized spacial score (nSPS) is 15.3. The van der Waals surface area contributed by atoms with E-state index in [2.05, 4.69) is 5.32 Å². The van der Waals surface area contributed by atoms with E-state index in [0.717, 1.165) is 17.1 Å². The zero-order valence-corrected chi connectivity index (χ0v) is 12.8. The highest BCUT2D eigenvalue weighted by Gasteiger charge is 2.23. The van der Waals surface area contributed by atoms with Gasteiger partial charge in [0.15, 0.2) is 0 Å². The Morgan fingerprint density at radius 2 is 1.83 bits per heavy atom. The molecule has 0 radical (unpaired) electrons. The topological polar surface area (TPSA) is 125 Å². The third-order valence-electron chi connectivity index (χ3n) is 2.97. The first-order chi connectivity index (χ1) is 11.1. The van der Waals surface area contributed by atoms with E-state index in [9.17, 15) is 14.4 Å². The van der Waals surface area contributed by atoms with E-state index >= 15 is 0 Å². The fourth-order valence-electron chi connectivity index (χ4n) is 1.85. The van der Waals surface area contributed by atoms with Crippen LogP contribution in [0.15, 0.2) is 12.2 Å². The van der Waals surface area contributed by atoms with Crippen LogP contribution in [0.5, 0.6) is 0 Å². The molecule has 0 spiro atoms. The molecule has 9 heteroatoms. The van der Waals surface area contributed by atoms with E-state index in [0.29, 0.717) is 0 Å². The van der Waals surface area contributed by atoms with Crippen LogP contribution in [-0.4, -0.2) is 85.1 Å². The molecule has 3 N–H and O–H groups in total. The summed E-state index contributed by atoms with van der Waals surface area (Å²) in [6, 6.07) is 0. The summed E-state index contributed by atoms with van der Waals surface area (Å²) in [5.41, 5.74) is 0. The van der Waals surface area contributed by atoms with E-state index in [1.165, 1.54) is 0 Å². The van der Waals surface area contributed by atoms with Gasteiger partial charge in [-0.2, -0.15) is 0 Å². The molecule has 0 saturated carbocycles. The van der Waals surface area contributed by atoms with Crippen molar-refractivity contribution in [3.8, 4) is 0 Å². The van der Waals surface area contributed by atoms with Gasteiger partial charge in [0.1, 0.15) is 0 Å². The Labute approximate surface area is 133 Å². The molecule has 0 aromatic heterocycles. The Bertz CT molecular complexity index is 421. The van der Waals surface area contributed by atoms with E-state index in [1.807, 2.05) is 0 Å². The van der Waals surface area contributed by atoms with Crippen LogP contribution >= 0.6 is 0 Å². The van der Waals surface area contributed by atoms with Crippen LogP contribution in [-0.2, 0) is 23.9 Å². The predicted molar refractivity (Wildman–Crippen MR) is 78.2 cm³/mol. The predicted octanol–water partition coefficient (Wildman–Crippen LogP) is -2.20. The minimum absolute atomic E-state index is 0.0105. The van der Waals surface area contributed by atoms with Crippen molar-refractivity contribution in [3.05, 3.63) is 12.2 Å². The van der Waals surface area contributed by atoms with Gasteiger partial charge < -0.3 is 25.0 Å². The lowest BCUT2D eigenvalue weighted by atomic mass is 10.3. The summed E-state index contributed by atoms with van der Waals surface area (Å²) < 4.78 is 10.4. The Kier molecular flexibility index (Phi) is 9.07. The summed E-state index contributed by atoms with van der Waals surface area (Å²) in [7, 11) is 0. The summed E-state index contributed by atoms with van der Waals surface area (Å²) in [4.78, 5) is 35.4. The molecule has 0 aliphatic carbocycles. The van der Waals surface area contributed by atoms with Crippen LogP contribution < -0.4 is 5.32 Å². The Balaban J connectivity index is 2.27. The Morgan fingerprint density at radius 1 is 1.17 bits per heavy atom. The zero-order valence-electron chi connectivity index (χ0n) is 12.8. The number of carbonyl (C=O) groups is 3. The third-order valence-corrected chi connectivity index (χ3v) is 2.97. The van der Waals surface area contributed by atoms with Gasteiger partial charge in [0.05, 0.1) is 39.1 Å². The number of ether oxygens (including phenoxy) is 2. The smallest absolute Gasteiger partial charge is 0.253 e. The summed E-state index contributed by atoms with van der Waals surface area (Å²) in [5.74, 6) is -1.19. The molecular formula is C14H22N2O7. The molecular weight excluding hydrogens is 308 g/mol. The first-order valence-corrected chi connectivity index (χ1v) is 7.29. The van der Waals surface area contributed by atoms with Crippen molar-refractivity contribution in [1.82, 2.24) is 10.2 Å². The van der Waals surface area contributed by atoms with Gasteiger partial charge in [0.25, 0.3) is 11.8 Å². The van der Waals surface area contributed by atoms with Gasteiger partial charge in [-0.05, 0) is 0 Å². The van der Waals surface area contributed by atoms with E-state index < -0.39 is 17.9 Å². The number of rotatable bonds is 12. The average molecular weight is 330 g/mol. The molecule has 1 unspecified atom stereocenters. The lowest BCUT2D eigenvalue weighted by molar-refractivity contribution is -0.137. The second kappa shape index (κ2) is 10.8. The fraction of sp³-hybridized carbons (Fsp3) is 0.643. The molecule has 3 amide bonds. The van der Waals surface area contributed by atoms with Crippen LogP contribution in [0, 0.1) is 0 Å². The van der Waals surface area contributed by atoms with Gasteiger partial charge in [-0.15, -0.1) is 0 Å². The quantitative estimate of drug-likeness (QED) is 0.274. The van der Waals surface area contributed by atoms with Gasteiger partial charge in [0, 0.05) is 31.7 Å². The Hall–Kier alpha value is -1.81. The minimum Gasteiger partial charge on any atom is -0.394 e. The number of hydrogen-bond donors (Lipinski definition) is 3. The molecule has 0 saturated heterocycles. The molecule has 1 rings (SSSR count). The number of nitrogens with zero attached hydrogens (tertiary/aromatic N) is 1. The summed E-state index contributed by atoms with van der Waals surface area (Å²) >= 11 is 0. The largest absolute Gasteiger partial charge is 0.394 e. The van der Waals surface area contributed by atoms with Crippen molar-refractivity contribution in [1.29, 1.82) is 0 Å². The molecule has 0 fully saturated rings. The van der Waals surface area contributed by atoms with Crippen LogP contribution in [0.1, 0.15) is 6.42 Å². The number of aliphatic hydroxyl groups is 2. The number of imide groups is 1. The molecule has 1 heterocycles. The molecule has 9 nitrogen and oxygen atoms in total. The molecule has 130 valence electrons. The lowest BCUT2D eigenvalue weighted by Crippen LogP contribution is -2.39. The number of carbonyl (C=O) groups excluding carboxylic acids is 3. The van der Waals surface area contributed by atoms with E-state index in [1.54, 1.807) is 0 Å². The number of aliphatic hydroxyl groups excluding tert-OH is 2. The average Bonchev–Trinajstić information content (AvgIpc) is 2.86. The summed E-state index contributed by atoms with van der Waals surface area (Å²) in [5, 5.41) is 20.0. The summed E-state index contributed by atoms with van der Waals surface area (Å²) in [6.45, 7) is 0.310. The maximum Gasteiger partial charge on any atom is 0.253 e. The third kappa shape index (κ3) is 7.33. The van der Waals surface area contributed by atoms with Crippen molar-refractivity contribution in [2.24, 2.45) is 0 Å². The highest BCUT2D eigenvalue weighted by atomic mass is 16.5. The zero-order chi connectivity index (χ0) is 17.1. The van der Waals surface area contributed by atoms with Crippen molar-refractivity contribution in [2.75, 3.05) is 46.1 Å². The first kappa shape index (κ1) is 19.2. The maximum absolute atomic E-state index is 11.8. The van der Waals surface area contributed by atoms with E-state index in [-0.39, 0.29) is 58.5 Å². The van der Waals surface area contributed by atoms with Crippen LogP contribution in [0.4, 0.5) is 0 Å². The number of hydrogen-bond acceptors (Lipinski definition) is 7. The Morgan fingerprint density at radius 3 is 2.43 bits per heavy atom. The van der Waals surface area contributed by atoms with Crippen LogP contribution in [0.2, 0.25) is 0 Å². The van der Waals surface area contributed by atoms with Gasteiger partial charge in [-0.3, -0.25) is 19.3 Å². The van der Waals surface area contributed by atoms with Gasteiger partial charge in [0.2, 0.25) is 5.91 Å². The fourth-order valence-corrected chi connectivity index (χ4v) is 1.85. The van der Waals surface area contributed by atoms with Crippen molar-refractivity contribution < 1.29 is 34.1 Å². The summed E-state index contributed by atoms with van der Waals surface area (Å²) in [6.07, 6.45) is 1.85. The molecule has 0 aromatic rings. The highest BCUT2D eigenvalue weighted by molar-refractivity contribution is 6.13. The van der Waals surface area contributed by atoms with Gasteiger partial charge in [-0.25, -0.2) is 0 Å². The van der Waals surface area contributed by atoms with Gasteiger partial charge >= 0.3 is 0 Å². The maximum atomic E-state index is 11.8. The monoisotopic (exact) mass is 330 g/mol. The van der Waals surface area contributed by atoms with Crippen LogP contribution in [0.3, 0.4) is 0 Å². The van der Waals surface area contributed by atoms with Crippen molar-refractivity contribution in [2.45, 2.75) is 12.5 Å². The second-order valence-electron chi connectivity index (χ2n) is 4.73. The van der Waals surface area contributed by atoms with Crippen LogP contribution in [0.25, 0.3) is 0 Å². The SMILES string of the molecule is O=C(CCN1C(=O)C=CC1=O)NCC(COCCO)OCCO. The number of amides is 3. The molecule has 0 bridgehead atoms. The first-order valence-electron chi connectivity index (χ1n) is 7.29. The van der Waals surface area contributed by atoms with Crippen molar-refractivity contribution in [3.63, 3.8) is 0 Å². The van der Waals surface area contributed by atoms with E-state index in [4.69, 9.17) is 19.7 Å². The molecule has 1 aliphatic heterocycles. The standard InChI is InChI=1S/C14H22N2O7/c17-5-7-22-10-11(23-8-6-18)9-15-12(19)3-4-16-13(20)1-2-14(16)21/h1-2,11,17-18H,3-10H2,(H,15,19). The number of nitrogens with one attached hydrogen (secondary N) is 1.